The van der Waals surface area contributed by atoms with Gasteiger partial charge in [-0.1, -0.05) is 133 Å². The molecule has 4 nitrogen and oxygen atoms in total. The van der Waals surface area contributed by atoms with E-state index >= 15 is 0 Å². The molecule has 38 heavy (non-hydrogen) atoms. The van der Waals surface area contributed by atoms with Crippen molar-refractivity contribution in [2.75, 3.05) is 25.0 Å². The molecule has 0 unspecified atom stereocenters. The maximum atomic E-state index is 13.3. The first-order valence-electron chi connectivity index (χ1n) is 15.1. The second kappa shape index (κ2) is 17.8. The Morgan fingerprint density at radius 3 is 1.92 bits per heavy atom. The van der Waals surface area contributed by atoms with E-state index in [0.29, 0.717) is 6.54 Å². The fourth-order valence-corrected chi connectivity index (χ4v) is 7.44. The molecule has 0 aromatic heterocycles. The summed E-state index contributed by atoms with van der Waals surface area (Å²) in [5, 5.41) is 1.83. The number of hydrogen-bond donors (Lipinski definition) is 0. The van der Waals surface area contributed by atoms with Crippen LogP contribution in [0.1, 0.15) is 110 Å². The lowest BCUT2D eigenvalue weighted by Gasteiger charge is -2.15. The van der Waals surface area contributed by atoms with Crippen LogP contribution in [0.3, 0.4) is 0 Å². The van der Waals surface area contributed by atoms with E-state index in [-0.39, 0.29) is 5.91 Å². The Morgan fingerprint density at radius 2 is 1.37 bits per heavy atom. The van der Waals surface area contributed by atoms with Crippen LogP contribution in [0, 0.1) is 0 Å². The molecule has 1 fully saturated rings. The van der Waals surface area contributed by atoms with Gasteiger partial charge in [0, 0.05) is 25.0 Å². The third-order valence-electron chi connectivity index (χ3n) is 7.37. The number of benzene rings is 1. The van der Waals surface area contributed by atoms with Crippen molar-refractivity contribution in [2.45, 2.75) is 115 Å². The molecule has 1 aromatic rings. The van der Waals surface area contributed by atoms with Crippen LogP contribution in [0.4, 0.5) is 5.69 Å². The number of carbonyl (C=O) groups is 1. The monoisotopic (exact) mass is 555 g/mol. The highest BCUT2D eigenvalue weighted by atomic mass is 32.2. The number of carbonyl (C=O) groups excluding carboxylic acids is 1. The maximum Gasteiger partial charge on any atom is 0.269 e. The summed E-state index contributed by atoms with van der Waals surface area (Å²) in [7, 11) is 2.04. The Balaban J connectivity index is 1.29. The van der Waals surface area contributed by atoms with Gasteiger partial charge >= 0.3 is 0 Å². The van der Waals surface area contributed by atoms with Gasteiger partial charge in [0.2, 0.25) is 0 Å². The quantitative estimate of drug-likeness (QED) is 0.0967. The number of para-hydroxylation sites is 1. The van der Waals surface area contributed by atoms with E-state index in [1.165, 1.54) is 113 Å². The van der Waals surface area contributed by atoms with Crippen molar-refractivity contribution in [1.82, 2.24) is 4.90 Å². The largest absolute Gasteiger partial charge is 0.337 e. The van der Waals surface area contributed by atoms with Crippen molar-refractivity contribution in [3.8, 4) is 0 Å². The first kappa shape index (κ1) is 30.9. The highest BCUT2D eigenvalue weighted by molar-refractivity contribution is 8.19. The molecule has 0 radical (unpaired) electrons. The molecule has 6 heteroatoms. The van der Waals surface area contributed by atoms with Crippen molar-refractivity contribution in [3.05, 3.63) is 46.9 Å². The lowest BCUT2D eigenvalue weighted by molar-refractivity contribution is -0.121. The Kier molecular flexibility index (Phi) is 14.5. The Labute approximate surface area is 240 Å². The van der Waals surface area contributed by atoms with Crippen molar-refractivity contribution in [1.29, 1.82) is 0 Å². The summed E-state index contributed by atoms with van der Waals surface area (Å²) >= 11 is 3.20. The molecule has 3 rings (SSSR count). The van der Waals surface area contributed by atoms with Crippen LogP contribution < -0.4 is 4.90 Å². The summed E-state index contributed by atoms with van der Waals surface area (Å²) in [6.45, 7) is 7.43. The fraction of sp³-hybridized carbons (Fsp3) is 0.625. The SMILES string of the molecule is C=CCN1C(=O)C(=C2Sc3ccccc3N2C)SC1=NCCCCCCCCCCCCCCCCCC. The van der Waals surface area contributed by atoms with Gasteiger partial charge in [-0.3, -0.25) is 14.7 Å². The molecule has 0 N–H and O–H groups in total. The number of fused-ring (bicyclic) bond motifs is 1. The van der Waals surface area contributed by atoms with E-state index in [9.17, 15) is 4.79 Å². The van der Waals surface area contributed by atoms with E-state index < -0.39 is 0 Å². The van der Waals surface area contributed by atoms with Crippen LogP contribution in [0.25, 0.3) is 0 Å². The predicted molar refractivity (Wildman–Crippen MR) is 169 cm³/mol. The molecule has 0 atom stereocenters. The first-order chi connectivity index (χ1) is 18.7. The van der Waals surface area contributed by atoms with Crippen LogP contribution in [-0.4, -0.2) is 36.1 Å². The average Bonchev–Trinajstić information content (AvgIpc) is 3.42. The van der Waals surface area contributed by atoms with Crippen LogP contribution >= 0.6 is 23.5 Å². The van der Waals surface area contributed by atoms with Gasteiger partial charge in [0.1, 0.15) is 4.91 Å². The van der Waals surface area contributed by atoms with Crippen LogP contribution in [-0.2, 0) is 4.79 Å². The summed E-state index contributed by atoms with van der Waals surface area (Å²) < 4.78 is 0. The third-order valence-corrected chi connectivity index (χ3v) is 9.84. The van der Waals surface area contributed by atoms with Crippen LogP contribution in [0.5, 0.6) is 0 Å². The molecule has 0 spiro atoms. The van der Waals surface area contributed by atoms with Gasteiger partial charge in [-0.2, -0.15) is 0 Å². The Hall–Kier alpha value is -1.66. The molecule has 2 aliphatic rings. The molecule has 1 aromatic carbocycles. The first-order valence-corrected chi connectivity index (χ1v) is 16.7. The van der Waals surface area contributed by atoms with Gasteiger partial charge in [-0.25, -0.2) is 0 Å². The van der Waals surface area contributed by atoms with Gasteiger partial charge in [0.05, 0.1) is 10.7 Å². The van der Waals surface area contributed by atoms with E-state index in [2.05, 4.69) is 30.5 Å². The standard InChI is InChI=1S/C32H49N3OS2/c1-4-6-7-8-9-10-11-12-13-14-15-16-17-18-19-22-25-33-32-35(26-5-2)30(36)29(38-32)31-34(3)27-23-20-21-24-28(27)37-31/h5,20-21,23-24H,2,4,6-19,22,25-26H2,1,3H3. The van der Waals surface area contributed by atoms with Gasteiger partial charge in [0.15, 0.2) is 5.17 Å². The molecule has 2 heterocycles. The van der Waals surface area contributed by atoms with Crippen LogP contribution in [0.2, 0.25) is 0 Å². The summed E-state index contributed by atoms with van der Waals surface area (Å²) in [5.41, 5.74) is 1.15. The number of thioether (sulfide) groups is 2. The van der Waals surface area contributed by atoms with Crippen molar-refractivity contribution < 1.29 is 4.79 Å². The summed E-state index contributed by atoms with van der Waals surface area (Å²) in [6.07, 6.45) is 23.7. The predicted octanol–water partition coefficient (Wildman–Crippen LogP) is 9.78. The number of aliphatic imine (C=N–C) groups is 1. The Morgan fingerprint density at radius 1 is 0.816 bits per heavy atom. The molecular formula is C32H49N3OS2. The molecule has 1 amide bonds. The number of nitrogens with zero attached hydrogens (tertiary/aromatic N) is 3. The van der Waals surface area contributed by atoms with E-state index in [1.807, 2.05) is 19.2 Å². The smallest absolute Gasteiger partial charge is 0.269 e. The minimum atomic E-state index is 0.0442. The number of amidine groups is 1. The average molecular weight is 556 g/mol. The summed E-state index contributed by atoms with van der Waals surface area (Å²) in [4.78, 5) is 24.0. The number of unbranched alkanes of at least 4 members (excludes halogenated alkanes) is 15. The zero-order chi connectivity index (χ0) is 27.0. The van der Waals surface area contributed by atoms with Crippen molar-refractivity contribution in [3.63, 3.8) is 0 Å². The summed E-state index contributed by atoms with van der Waals surface area (Å²) in [5.74, 6) is 0.0442. The number of hydrogen-bond acceptors (Lipinski definition) is 5. The maximum absolute atomic E-state index is 13.3. The molecular weight excluding hydrogens is 507 g/mol. The molecule has 0 bridgehead atoms. The van der Waals surface area contributed by atoms with Gasteiger partial charge in [-0.15, -0.1) is 6.58 Å². The minimum Gasteiger partial charge on any atom is -0.337 e. The lowest BCUT2D eigenvalue weighted by atomic mass is 10.0. The van der Waals surface area contributed by atoms with E-state index in [4.69, 9.17) is 4.99 Å². The molecule has 2 aliphatic heterocycles. The zero-order valence-electron chi connectivity index (χ0n) is 23.9. The second-order valence-electron chi connectivity index (χ2n) is 10.5. The topological polar surface area (TPSA) is 35.9 Å². The van der Waals surface area contributed by atoms with E-state index in [1.54, 1.807) is 22.7 Å². The van der Waals surface area contributed by atoms with Crippen molar-refractivity contribution in [2.24, 2.45) is 4.99 Å². The fourth-order valence-electron chi connectivity index (χ4n) is 5.08. The highest BCUT2D eigenvalue weighted by Crippen LogP contribution is 2.49. The molecule has 210 valence electrons. The third kappa shape index (κ3) is 9.51. The highest BCUT2D eigenvalue weighted by Gasteiger charge is 2.38. The number of anilines is 1. The lowest BCUT2D eigenvalue weighted by Crippen LogP contribution is -2.30. The van der Waals surface area contributed by atoms with Crippen molar-refractivity contribution >= 4 is 40.3 Å². The van der Waals surface area contributed by atoms with Gasteiger partial charge in [0.25, 0.3) is 5.91 Å². The van der Waals surface area contributed by atoms with Gasteiger partial charge in [-0.05, 0) is 30.3 Å². The summed E-state index contributed by atoms with van der Waals surface area (Å²) in [6, 6.07) is 8.31. The second-order valence-corrected chi connectivity index (χ2v) is 12.5. The van der Waals surface area contributed by atoms with Crippen LogP contribution in [0.15, 0.2) is 56.7 Å². The normalized spacial score (nSPS) is 18.2. The molecule has 1 saturated heterocycles. The van der Waals surface area contributed by atoms with Gasteiger partial charge < -0.3 is 4.90 Å². The molecule has 0 aliphatic carbocycles. The Bertz CT molecular complexity index is 942. The van der Waals surface area contributed by atoms with E-state index in [0.717, 1.165) is 33.8 Å². The molecule has 0 saturated carbocycles. The number of amides is 1. The zero-order valence-corrected chi connectivity index (χ0v) is 25.5. The number of rotatable bonds is 19. The minimum absolute atomic E-state index is 0.0442.